The number of cyclic esters (lactones) is 1. The van der Waals surface area contributed by atoms with Crippen LogP contribution in [0, 0.1) is 35.5 Å². The molecule has 2 heterocycles. The third kappa shape index (κ3) is 2.81. The van der Waals surface area contributed by atoms with E-state index >= 15 is 0 Å². The van der Waals surface area contributed by atoms with Gasteiger partial charge in [0.2, 0.25) is 0 Å². The van der Waals surface area contributed by atoms with E-state index in [4.69, 9.17) is 4.74 Å². The fourth-order valence-corrected chi connectivity index (χ4v) is 8.47. The quantitative estimate of drug-likeness (QED) is 0.609. The number of esters is 1. The maximum absolute atomic E-state index is 14.7. The van der Waals surface area contributed by atoms with Gasteiger partial charge < -0.3 is 15.2 Å². The standard InChI is InChI=1S/C26H34FNO4/c1-3-26(31)19-9-14-6-15(24(29)18(19)11-32-25(26)30)8-17-21-12(2)4-5-13-7-16(27)10-20(22(13)21)28-23(14)17/h9,12-13,15-17,20-23,28,31H,3-8,10-11H2,1-2H3/t12-,13?,15?,16?,17?,20?,21?,22?,23?,26+/m1/s1. The summed E-state index contributed by atoms with van der Waals surface area (Å²) in [6.45, 7) is 4.05. The molecule has 0 aromatic carbocycles. The second-order valence-electron chi connectivity index (χ2n) is 11.4. The summed E-state index contributed by atoms with van der Waals surface area (Å²) in [6, 6.07) is 0.256. The summed E-state index contributed by atoms with van der Waals surface area (Å²) in [7, 11) is 0. The molecule has 2 N–H and O–H groups in total. The molecule has 6 heteroatoms. The van der Waals surface area contributed by atoms with E-state index in [9.17, 15) is 19.1 Å². The normalized spacial score (nSPS) is 49.9. The first-order chi connectivity index (χ1) is 15.3. The van der Waals surface area contributed by atoms with Crippen LogP contribution in [-0.2, 0) is 14.3 Å². The van der Waals surface area contributed by atoms with Gasteiger partial charge in [0.05, 0.1) is 0 Å². The second-order valence-corrected chi connectivity index (χ2v) is 11.4. The fourth-order valence-electron chi connectivity index (χ4n) is 8.47. The highest BCUT2D eigenvalue weighted by Gasteiger charge is 2.57. The number of Topliss-reactive ketones (excluding diaryl/α,β-unsaturated/α-hetero) is 1. The van der Waals surface area contributed by atoms with E-state index in [0.29, 0.717) is 60.0 Å². The van der Waals surface area contributed by atoms with Crippen molar-refractivity contribution in [2.24, 2.45) is 35.5 Å². The summed E-state index contributed by atoms with van der Waals surface area (Å²) in [4.78, 5) is 26.1. The van der Waals surface area contributed by atoms with Gasteiger partial charge in [-0.1, -0.05) is 31.9 Å². The van der Waals surface area contributed by atoms with Crippen LogP contribution in [0.1, 0.15) is 58.8 Å². The lowest BCUT2D eigenvalue weighted by Crippen LogP contribution is -2.65. The Morgan fingerprint density at radius 1 is 1.22 bits per heavy atom. The number of piperidine rings is 1. The summed E-state index contributed by atoms with van der Waals surface area (Å²) in [5.41, 5.74) is 0.270. The zero-order chi connectivity index (χ0) is 22.4. The van der Waals surface area contributed by atoms with Gasteiger partial charge in [0.1, 0.15) is 12.8 Å². The first-order valence-corrected chi connectivity index (χ1v) is 12.6. The van der Waals surface area contributed by atoms with Gasteiger partial charge >= 0.3 is 5.97 Å². The van der Waals surface area contributed by atoms with Gasteiger partial charge in [-0.15, -0.1) is 0 Å². The summed E-state index contributed by atoms with van der Waals surface area (Å²) < 4.78 is 19.9. The number of hydrogen-bond acceptors (Lipinski definition) is 5. The lowest BCUT2D eigenvalue weighted by Gasteiger charge is -2.60. The maximum Gasteiger partial charge on any atom is 0.343 e. The molecule has 10 atom stereocenters. The average molecular weight is 444 g/mol. The van der Waals surface area contributed by atoms with E-state index in [2.05, 4.69) is 12.2 Å². The largest absolute Gasteiger partial charge is 0.458 e. The van der Waals surface area contributed by atoms with Gasteiger partial charge in [0, 0.05) is 29.1 Å². The van der Waals surface area contributed by atoms with Crippen LogP contribution in [-0.4, -0.2) is 47.3 Å². The Labute approximate surface area is 188 Å². The lowest BCUT2D eigenvalue weighted by atomic mass is 9.51. The summed E-state index contributed by atoms with van der Waals surface area (Å²) in [5.74, 6) is 1.58. The minimum atomic E-state index is -1.77. The van der Waals surface area contributed by atoms with Crippen molar-refractivity contribution in [3.8, 4) is 0 Å². The molecule has 2 aliphatic heterocycles. The molecule has 0 aromatic heterocycles. The van der Waals surface area contributed by atoms with Crippen LogP contribution < -0.4 is 5.32 Å². The SMILES string of the molecule is CC[C@@]1(O)C(=O)OCC2=C1C=C1CC(CC3C1NC1CC(F)CC4CC[C@@H](C)C3C41)C2=O. The molecule has 6 aliphatic rings. The average Bonchev–Trinajstić information content (AvgIpc) is 2.88. The van der Waals surface area contributed by atoms with Crippen LogP contribution >= 0.6 is 0 Å². The smallest absolute Gasteiger partial charge is 0.343 e. The number of nitrogens with one attached hydrogen (secondary N) is 1. The third-order valence-electron chi connectivity index (χ3n) is 9.89. The molecule has 0 spiro atoms. The Morgan fingerprint density at radius 2 is 2.03 bits per heavy atom. The zero-order valence-corrected chi connectivity index (χ0v) is 19.0. The van der Waals surface area contributed by atoms with Gasteiger partial charge in [-0.2, -0.15) is 0 Å². The van der Waals surface area contributed by atoms with Crippen LogP contribution in [0.25, 0.3) is 0 Å². The number of ether oxygens (including phenoxy) is 1. The number of carbonyl (C=O) groups excluding carboxylic acids is 2. The third-order valence-corrected chi connectivity index (χ3v) is 9.89. The molecule has 174 valence electrons. The number of ketones is 1. The molecular weight excluding hydrogens is 409 g/mol. The lowest BCUT2D eigenvalue weighted by molar-refractivity contribution is -0.163. The monoisotopic (exact) mass is 443 g/mol. The highest BCUT2D eigenvalue weighted by Crippen LogP contribution is 2.57. The molecule has 1 saturated heterocycles. The second kappa shape index (κ2) is 7.23. The Balaban J connectivity index is 1.44. The topological polar surface area (TPSA) is 75.6 Å². The summed E-state index contributed by atoms with van der Waals surface area (Å²) in [6.07, 6.45) is 6.36. The van der Waals surface area contributed by atoms with E-state index < -0.39 is 17.7 Å². The Bertz CT molecular complexity index is 927. The van der Waals surface area contributed by atoms with Gasteiger partial charge in [0.25, 0.3) is 0 Å². The molecule has 32 heavy (non-hydrogen) atoms. The first kappa shape index (κ1) is 21.0. The molecule has 0 amide bonds. The van der Waals surface area contributed by atoms with Gasteiger partial charge in [-0.25, -0.2) is 9.18 Å². The predicted molar refractivity (Wildman–Crippen MR) is 116 cm³/mol. The number of rotatable bonds is 1. The molecule has 2 bridgehead atoms. The van der Waals surface area contributed by atoms with E-state index in [1.807, 2.05) is 6.08 Å². The van der Waals surface area contributed by atoms with Crippen molar-refractivity contribution in [3.05, 3.63) is 22.8 Å². The molecule has 0 aromatic rings. The van der Waals surface area contributed by atoms with E-state index in [0.717, 1.165) is 24.8 Å². The molecule has 4 fully saturated rings. The van der Waals surface area contributed by atoms with Gasteiger partial charge in [0.15, 0.2) is 11.4 Å². The van der Waals surface area contributed by atoms with E-state index in [1.54, 1.807) is 6.92 Å². The molecule has 0 radical (unpaired) electrons. The van der Waals surface area contributed by atoms with E-state index in [-0.39, 0.29) is 36.8 Å². The van der Waals surface area contributed by atoms with Crippen LogP contribution in [0.4, 0.5) is 4.39 Å². The van der Waals surface area contributed by atoms with Gasteiger partial charge in [-0.05, 0) is 68.1 Å². The molecule has 3 saturated carbocycles. The van der Waals surface area contributed by atoms with E-state index in [1.165, 1.54) is 0 Å². The Morgan fingerprint density at radius 3 is 2.81 bits per heavy atom. The number of alkyl halides is 1. The highest BCUT2D eigenvalue weighted by molar-refractivity contribution is 6.03. The minimum absolute atomic E-state index is 0.0404. The molecular formula is C26H34FNO4. The fraction of sp³-hybridized carbons (Fsp3) is 0.769. The Hall–Kier alpha value is -1.53. The van der Waals surface area contributed by atoms with Crippen molar-refractivity contribution in [1.29, 1.82) is 0 Å². The van der Waals surface area contributed by atoms with Crippen molar-refractivity contribution in [3.63, 3.8) is 0 Å². The number of hydrogen-bond donors (Lipinski definition) is 2. The van der Waals surface area contributed by atoms with Crippen LogP contribution in [0.2, 0.25) is 0 Å². The molecule has 8 unspecified atom stereocenters. The summed E-state index contributed by atoms with van der Waals surface area (Å²) in [5, 5.41) is 15.1. The van der Waals surface area contributed by atoms with Crippen molar-refractivity contribution < 1.29 is 23.8 Å². The number of carbonyl (C=O) groups is 2. The number of fused-ring (bicyclic) bond motifs is 5. The molecule has 5 nitrogen and oxygen atoms in total. The van der Waals surface area contributed by atoms with Gasteiger partial charge in [-0.3, -0.25) is 4.79 Å². The van der Waals surface area contributed by atoms with Crippen LogP contribution in [0.5, 0.6) is 0 Å². The van der Waals surface area contributed by atoms with Crippen LogP contribution in [0.15, 0.2) is 22.8 Å². The minimum Gasteiger partial charge on any atom is -0.458 e. The maximum atomic E-state index is 14.7. The van der Waals surface area contributed by atoms with Crippen molar-refractivity contribution >= 4 is 11.8 Å². The van der Waals surface area contributed by atoms with Crippen molar-refractivity contribution in [2.75, 3.05) is 6.61 Å². The predicted octanol–water partition coefficient (Wildman–Crippen LogP) is 3.27. The number of halogens is 1. The highest BCUT2D eigenvalue weighted by atomic mass is 19.1. The molecule has 4 aliphatic carbocycles. The molecule has 6 rings (SSSR count). The summed E-state index contributed by atoms with van der Waals surface area (Å²) >= 11 is 0. The van der Waals surface area contributed by atoms with Crippen molar-refractivity contribution in [2.45, 2.75) is 82.6 Å². The van der Waals surface area contributed by atoms with Crippen molar-refractivity contribution in [1.82, 2.24) is 5.32 Å². The first-order valence-electron chi connectivity index (χ1n) is 12.6. The zero-order valence-electron chi connectivity index (χ0n) is 19.0. The number of aliphatic hydroxyl groups is 1. The van der Waals surface area contributed by atoms with Crippen LogP contribution in [0.3, 0.4) is 0 Å². The Kier molecular flexibility index (Phi) is 4.75.